The standard InChI is InChI=1S/C10H13FO2S/c1-8(2)9-4-3-5-10(6-9)14(12,13)7-11/h3-6,8H,7H2,1-2H3. The molecule has 0 aliphatic carbocycles. The van der Waals surface area contributed by atoms with Crippen LogP contribution in [0.2, 0.25) is 0 Å². The first-order valence-corrected chi connectivity index (χ1v) is 6.01. The van der Waals surface area contributed by atoms with E-state index in [0.717, 1.165) is 5.56 Å². The first kappa shape index (κ1) is 11.2. The van der Waals surface area contributed by atoms with E-state index in [4.69, 9.17) is 0 Å². The molecule has 0 spiro atoms. The van der Waals surface area contributed by atoms with Crippen LogP contribution in [0, 0.1) is 0 Å². The molecule has 0 atom stereocenters. The van der Waals surface area contributed by atoms with Crippen molar-refractivity contribution in [2.75, 3.05) is 6.01 Å². The van der Waals surface area contributed by atoms with Crippen LogP contribution in [0.5, 0.6) is 0 Å². The molecule has 0 bridgehead atoms. The van der Waals surface area contributed by atoms with Crippen molar-refractivity contribution in [3.05, 3.63) is 29.8 Å². The van der Waals surface area contributed by atoms with Crippen molar-refractivity contribution in [1.29, 1.82) is 0 Å². The van der Waals surface area contributed by atoms with Gasteiger partial charge in [-0.1, -0.05) is 26.0 Å². The van der Waals surface area contributed by atoms with Gasteiger partial charge in [0.05, 0.1) is 4.90 Å². The normalized spacial score (nSPS) is 12.0. The predicted molar refractivity (Wildman–Crippen MR) is 53.7 cm³/mol. The highest BCUT2D eigenvalue weighted by Crippen LogP contribution is 2.19. The zero-order valence-electron chi connectivity index (χ0n) is 8.20. The van der Waals surface area contributed by atoms with Gasteiger partial charge in [-0.3, -0.25) is 0 Å². The molecule has 0 saturated heterocycles. The maximum Gasteiger partial charge on any atom is 0.207 e. The summed E-state index contributed by atoms with van der Waals surface area (Å²) in [6, 6.07) is 5.08. The minimum atomic E-state index is -3.72. The van der Waals surface area contributed by atoms with Crippen LogP contribution in [0.4, 0.5) is 4.39 Å². The fourth-order valence-corrected chi connectivity index (χ4v) is 1.86. The highest BCUT2D eigenvalue weighted by atomic mass is 32.2. The lowest BCUT2D eigenvalue weighted by atomic mass is 10.0. The molecule has 2 nitrogen and oxygen atoms in total. The minimum Gasteiger partial charge on any atom is -0.233 e. The summed E-state index contributed by atoms with van der Waals surface area (Å²) in [7, 11) is -3.72. The van der Waals surface area contributed by atoms with Crippen molar-refractivity contribution in [1.82, 2.24) is 0 Å². The fourth-order valence-electron chi connectivity index (χ4n) is 1.13. The van der Waals surface area contributed by atoms with E-state index in [1.54, 1.807) is 6.07 Å². The highest BCUT2D eigenvalue weighted by Gasteiger charge is 2.14. The van der Waals surface area contributed by atoms with E-state index in [1.165, 1.54) is 12.1 Å². The summed E-state index contributed by atoms with van der Waals surface area (Å²) >= 11 is 0. The molecule has 0 fully saturated rings. The number of benzene rings is 1. The third-order valence-corrected chi connectivity index (χ3v) is 3.29. The second kappa shape index (κ2) is 4.09. The van der Waals surface area contributed by atoms with Crippen molar-refractivity contribution in [3.63, 3.8) is 0 Å². The predicted octanol–water partition coefficient (Wildman–Crippen LogP) is 2.51. The van der Waals surface area contributed by atoms with Crippen LogP contribution in [0.25, 0.3) is 0 Å². The van der Waals surface area contributed by atoms with Crippen LogP contribution >= 0.6 is 0 Å². The van der Waals surface area contributed by atoms with Gasteiger partial charge in [-0.05, 0) is 23.6 Å². The summed E-state index contributed by atoms with van der Waals surface area (Å²) < 4.78 is 34.6. The summed E-state index contributed by atoms with van der Waals surface area (Å²) in [5, 5.41) is 0. The maximum atomic E-state index is 12.2. The van der Waals surface area contributed by atoms with Gasteiger partial charge in [-0.15, -0.1) is 0 Å². The summed E-state index contributed by atoms with van der Waals surface area (Å²) in [5.74, 6) is 0.241. The molecule has 4 heteroatoms. The van der Waals surface area contributed by atoms with Crippen molar-refractivity contribution >= 4 is 9.84 Å². The zero-order chi connectivity index (χ0) is 10.8. The van der Waals surface area contributed by atoms with Gasteiger partial charge in [0, 0.05) is 0 Å². The Morgan fingerprint density at radius 2 is 2.00 bits per heavy atom. The zero-order valence-corrected chi connectivity index (χ0v) is 9.01. The van der Waals surface area contributed by atoms with Crippen molar-refractivity contribution < 1.29 is 12.8 Å². The first-order chi connectivity index (χ1) is 6.47. The van der Waals surface area contributed by atoms with Gasteiger partial charge in [0.15, 0.2) is 6.01 Å². The minimum absolute atomic E-state index is 0.0613. The van der Waals surface area contributed by atoms with Gasteiger partial charge in [-0.25, -0.2) is 12.8 Å². The Labute approximate surface area is 83.7 Å². The molecule has 0 heterocycles. The Morgan fingerprint density at radius 1 is 1.36 bits per heavy atom. The highest BCUT2D eigenvalue weighted by molar-refractivity contribution is 7.91. The Bertz CT molecular complexity index is 410. The van der Waals surface area contributed by atoms with Crippen molar-refractivity contribution in [2.24, 2.45) is 0 Å². The van der Waals surface area contributed by atoms with E-state index in [0.29, 0.717) is 0 Å². The Kier molecular flexibility index (Phi) is 3.26. The third-order valence-electron chi connectivity index (χ3n) is 2.03. The second-order valence-electron chi connectivity index (χ2n) is 3.45. The lowest BCUT2D eigenvalue weighted by Crippen LogP contribution is -2.03. The van der Waals surface area contributed by atoms with E-state index in [1.807, 2.05) is 19.9 Å². The lowest BCUT2D eigenvalue weighted by Gasteiger charge is -2.06. The Hall–Kier alpha value is -0.900. The molecule has 0 aromatic heterocycles. The average Bonchev–Trinajstić information content (AvgIpc) is 2.18. The topological polar surface area (TPSA) is 34.1 Å². The summed E-state index contributed by atoms with van der Waals surface area (Å²) in [6.45, 7) is 3.92. The number of hydrogen-bond acceptors (Lipinski definition) is 2. The quantitative estimate of drug-likeness (QED) is 0.778. The SMILES string of the molecule is CC(C)c1cccc(S(=O)(=O)CF)c1. The van der Waals surface area contributed by atoms with Gasteiger partial charge in [0.2, 0.25) is 9.84 Å². The van der Waals surface area contributed by atoms with Crippen LogP contribution in [0.3, 0.4) is 0 Å². The van der Waals surface area contributed by atoms with E-state index in [-0.39, 0.29) is 10.8 Å². The summed E-state index contributed by atoms with van der Waals surface area (Å²) in [6.07, 6.45) is 0. The smallest absolute Gasteiger partial charge is 0.207 e. The van der Waals surface area contributed by atoms with Crippen LogP contribution < -0.4 is 0 Å². The largest absolute Gasteiger partial charge is 0.233 e. The van der Waals surface area contributed by atoms with Crippen LogP contribution in [-0.2, 0) is 9.84 Å². The van der Waals surface area contributed by atoms with Crippen LogP contribution in [0.1, 0.15) is 25.3 Å². The molecule has 0 radical (unpaired) electrons. The summed E-state index contributed by atoms with van der Waals surface area (Å²) in [5.41, 5.74) is 0.902. The third kappa shape index (κ3) is 2.32. The molecule has 0 aliphatic rings. The molecule has 1 aromatic carbocycles. The number of sulfone groups is 1. The average molecular weight is 216 g/mol. The Morgan fingerprint density at radius 3 is 2.50 bits per heavy atom. The van der Waals surface area contributed by atoms with Gasteiger partial charge in [-0.2, -0.15) is 0 Å². The second-order valence-corrected chi connectivity index (χ2v) is 5.37. The van der Waals surface area contributed by atoms with Crippen molar-refractivity contribution in [3.8, 4) is 0 Å². The summed E-state index contributed by atoms with van der Waals surface area (Å²) in [4.78, 5) is 0.0613. The molecule has 0 unspecified atom stereocenters. The van der Waals surface area contributed by atoms with E-state index in [9.17, 15) is 12.8 Å². The lowest BCUT2D eigenvalue weighted by molar-refractivity contribution is 0.534. The fraction of sp³-hybridized carbons (Fsp3) is 0.400. The molecule has 0 saturated carbocycles. The number of hydrogen-bond donors (Lipinski definition) is 0. The van der Waals surface area contributed by atoms with Gasteiger partial charge < -0.3 is 0 Å². The Balaban J connectivity index is 3.19. The molecule has 1 rings (SSSR count). The van der Waals surface area contributed by atoms with Crippen LogP contribution in [-0.4, -0.2) is 14.4 Å². The molecule has 78 valence electrons. The number of alkyl halides is 1. The molecule has 0 aliphatic heterocycles. The van der Waals surface area contributed by atoms with Gasteiger partial charge in [0.25, 0.3) is 0 Å². The number of halogens is 1. The van der Waals surface area contributed by atoms with E-state index >= 15 is 0 Å². The molecule has 0 amide bonds. The molecular formula is C10H13FO2S. The van der Waals surface area contributed by atoms with Crippen molar-refractivity contribution in [2.45, 2.75) is 24.7 Å². The van der Waals surface area contributed by atoms with E-state index in [2.05, 4.69) is 0 Å². The van der Waals surface area contributed by atoms with E-state index < -0.39 is 15.8 Å². The molecule has 0 N–H and O–H groups in total. The van der Waals surface area contributed by atoms with Gasteiger partial charge >= 0.3 is 0 Å². The molecule has 1 aromatic rings. The molecule has 14 heavy (non-hydrogen) atoms. The monoisotopic (exact) mass is 216 g/mol. The molecular weight excluding hydrogens is 203 g/mol. The van der Waals surface area contributed by atoms with Gasteiger partial charge in [0.1, 0.15) is 0 Å². The maximum absolute atomic E-state index is 12.2. The number of rotatable bonds is 3. The first-order valence-electron chi connectivity index (χ1n) is 4.36. The van der Waals surface area contributed by atoms with Crippen LogP contribution in [0.15, 0.2) is 29.2 Å².